The Morgan fingerprint density at radius 1 is 0.569 bits per heavy atom. The minimum Gasteiger partial charge on any atom is -0.444 e. The van der Waals surface area contributed by atoms with E-state index < -0.39 is 46.8 Å². The topological polar surface area (TPSA) is 191 Å². The maximum atomic E-state index is 12.7. The van der Waals surface area contributed by atoms with Gasteiger partial charge in [-0.2, -0.15) is 0 Å². The van der Waals surface area contributed by atoms with Gasteiger partial charge in [-0.25, -0.2) is 19.2 Å². The number of hydrogen-bond acceptors (Lipinski definition) is 10. The number of nitrogens with zero attached hydrogens (tertiary/aromatic N) is 7. The molecule has 65 heavy (non-hydrogen) atoms. The first kappa shape index (κ1) is 49.5. The highest BCUT2D eigenvalue weighted by molar-refractivity contribution is 6.00. The van der Waals surface area contributed by atoms with Crippen LogP contribution in [0.15, 0.2) is 64.6 Å². The number of aryl methyl sites for hydroxylation is 1. The van der Waals surface area contributed by atoms with Crippen LogP contribution in [0, 0.1) is 6.92 Å². The molecule has 17 nitrogen and oxygen atoms in total. The maximum Gasteiger partial charge on any atom is 0.437 e. The molecule has 4 amide bonds. The van der Waals surface area contributed by atoms with Crippen LogP contribution in [-0.4, -0.2) is 109 Å². The molecule has 2 aliphatic rings. The maximum absolute atomic E-state index is 12.7. The van der Waals surface area contributed by atoms with Gasteiger partial charge in [0, 0.05) is 44.4 Å². The Morgan fingerprint density at radius 2 is 0.969 bits per heavy atom. The monoisotopic (exact) mass is 895 g/mol. The molecule has 5 rings (SSSR count). The number of benzene rings is 2. The van der Waals surface area contributed by atoms with Crippen LogP contribution in [-0.2, 0) is 26.0 Å². The van der Waals surface area contributed by atoms with E-state index in [1.807, 2.05) is 41.6 Å². The smallest absolute Gasteiger partial charge is 0.437 e. The average molecular weight is 896 g/mol. The van der Waals surface area contributed by atoms with E-state index in [2.05, 4.69) is 67.2 Å². The number of amides is 4. The Morgan fingerprint density at radius 3 is 1.37 bits per heavy atom. The lowest BCUT2D eigenvalue weighted by molar-refractivity contribution is 0.0536. The molecule has 0 atom stereocenters. The first-order valence-electron chi connectivity index (χ1n) is 21.8. The number of alkyl carbamates (subject to hydrolysis) is 2. The summed E-state index contributed by atoms with van der Waals surface area (Å²) in [6, 6.07) is 14.4. The number of aliphatic imine (C=N–C) groups is 2. The van der Waals surface area contributed by atoms with Gasteiger partial charge in [-0.1, -0.05) is 54.6 Å². The molecule has 2 N–H and O–H groups in total. The molecule has 3 heterocycles. The molecule has 0 saturated heterocycles. The van der Waals surface area contributed by atoms with Gasteiger partial charge in [-0.15, -0.1) is 20.2 Å². The summed E-state index contributed by atoms with van der Waals surface area (Å²) in [4.78, 5) is 62.5. The summed E-state index contributed by atoms with van der Waals surface area (Å²) < 4.78 is 23.6. The highest BCUT2D eigenvalue weighted by Crippen LogP contribution is 2.31. The van der Waals surface area contributed by atoms with Gasteiger partial charge in [-0.05, 0) is 131 Å². The minimum absolute atomic E-state index is 0.0633. The third-order valence-corrected chi connectivity index (χ3v) is 9.65. The number of aromatic nitrogens is 3. The van der Waals surface area contributed by atoms with Crippen molar-refractivity contribution in [3.63, 3.8) is 0 Å². The van der Waals surface area contributed by atoms with Gasteiger partial charge >= 0.3 is 24.4 Å². The Kier molecular flexibility index (Phi) is 15.0. The van der Waals surface area contributed by atoms with Gasteiger partial charge in [0.25, 0.3) is 0 Å². The lowest BCUT2D eigenvalue weighted by Gasteiger charge is -2.30. The van der Waals surface area contributed by atoms with Crippen LogP contribution < -0.4 is 10.6 Å². The van der Waals surface area contributed by atoms with Gasteiger partial charge in [-0.3, -0.25) is 10.6 Å². The van der Waals surface area contributed by atoms with Crippen LogP contribution >= 0.6 is 0 Å². The third-order valence-electron chi connectivity index (χ3n) is 9.65. The molecule has 1 aromatic heterocycles. The lowest BCUT2D eigenvalue weighted by atomic mass is 9.95. The summed E-state index contributed by atoms with van der Waals surface area (Å²) in [5, 5.41) is 14.5. The second-order valence-electron chi connectivity index (χ2n) is 19.9. The van der Waals surface area contributed by atoms with E-state index in [-0.39, 0.29) is 11.9 Å². The van der Waals surface area contributed by atoms with Crippen LogP contribution in [0.3, 0.4) is 0 Å². The van der Waals surface area contributed by atoms with Gasteiger partial charge in [0.15, 0.2) is 11.6 Å². The third kappa shape index (κ3) is 14.8. The zero-order chi connectivity index (χ0) is 48.1. The number of guanidine groups is 2. The predicted molar refractivity (Wildman–Crippen MR) is 251 cm³/mol. The van der Waals surface area contributed by atoms with Crippen LogP contribution in [0.5, 0.6) is 0 Å². The first-order valence-corrected chi connectivity index (χ1v) is 21.8. The van der Waals surface area contributed by atoms with Crippen molar-refractivity contribution in [3.05, 3.63) is 71.3 Å². The van der Waals surface area contributed by atoms with E-state index in [1.165, 1.54) is 0 Å². The van der Waals surface area contributed by atoms with E-state index in [0.717, 1.165) is 44.8 Å². The van der Waals surface area contributed by atoms with E-state index in [4.69, 9.17) is 18.9 Å². The molecule has 2 aliphatic heterocycles. The van der Waals surface area contributed by atoms with Crippen LogP contribution in [0.2, 0.25) is 0 Å². The van der Waals surface area contributed by atoms with Gasteiger partial charge < -0.3 is 33.3 Å². The summed E-state index contributed by atoms with van der Waals surface area (Å²) >= 11 is 0. The summed E-state index contributed by atoms with van der Waals surface area (Å²) in [6.07, 6.45) is 2.33. The minimum atomic E-state index is -0.810. The zero-order valence-corrected chi connectivity index (χ0v) is 40.3. The second kappa shape index (κ2) is 19.7. The molecular formula is C48H65N9O8. The number of nitrogens with one attached hydrogen (secondary N) is 2. The van der Waals surface area contributed by atoms with Crippen molar-refractivity contribution < 1.29 is 38.1 Å². The lowest BCUT2D eigenvalue weighted by Crippen LogP contribution is -2.48. The van der Waals surface area contributed by atoms with Gasteiger partial charge in [0.05, 0.1) is 0 Å². The molecular weight excluding hydrogens is 831 g/mol. The van der Waals surface area contributed by atoms with Crippen LogP contribution in [0.25, 0.3) is 33.9 Å². The fourth-order valence-corrected chi connectivity index (χ4v) is 6.90. The SMILES string of the molecule is Cc1cc(C2=CCN(C(=NC(=O)OC(C)(C)C)NC(=O)OC(C)(C)C)CC2)ccc1-c1nnc(-c2ccc(C3=CCN(C(=NC(=O)OC(C)(C)C)NC(=O)OC(C)(C)C)CC3)cc2)n1C. The molecule has 3 aromatic rings. The number of carbonyl (C=O) groups excluding carboxylic acids is 4. The van der Waals surface area contributed by atoms with E-state index in [9.17, 15) is 19.2 Å². The fourth-order valence-electron chi connectivity index (χ4n) is 6.90. The number of rotatable bonds is 4. The average Bonchev–Trinajstić information content (AvgIpc) is 3.55. The van der Waals surface area contributed by atoms with Crippen molar-refractivity contribution in [2.24, 2.45) is 17.0 Å². The van der Waals surface area contributed by atoms with Gasteiger partial charge in [0.1, 0.15) is 22.4 Å². The molecule has 0 fully saturated rings. The molecule has 2 aromatic carbocycles. The van der Waals surface area contributed by atoms with E-state index in [0.29, 0.717) is 44.8 Å². The summed E-state index contributed by atoms with van der Waals surface area (Å²) in [5.41, 5.74) is 4.24. The number of carbonyl (C=O) groups is 4. The largest absolute Gasteiger partial charge is 0.444 e. The number of hydrogen-bond donors (Lipinski definition) is 2. The molecule has 0 bridgehead atoms. The molecule has 0 radical (unpaired) electrons. The Balaban J connectivity index is 1.27. The normalized spacial score (nSPS) is 15.4. The number of ether oxygens (including phenoxy) is 4. The van der Waals surface area contributed by atoms with Crippen molar-refractivity contribution in [1.29, 1.82) is 0 Å². The molecule has 17 heteroatoms. The Labute approximate surface area is 382 Å². The van der Waals surface area contributed by atoms with E-state index in [1.54, 1.807) is 88.0 Å². The zero-order valence-electron chi connectivity index (χ0n) is 40.3. The summed E-state index contributed by atoms with van der Waals surface area (Å²) in [7, 11) is 1.95. The second-order valence-corrected chi connectivity index (χ2v) is 19.9. The van der Waals surface area contributed by atoms with Crippen LogP contribution in [0.4, 0.5) is 19.2 Å². The predicted octanol–water partition coefficient (Wildman–Crippen LogP) is 9.27. The quantitative estimate of drug-likeness (QED) is 0.144. The van der Waals surface area contributed by atoms with Crippen LogP contribution in [0.1, 0.15) is 113 Å². The van der Waals surface area contributed by atoms with Crippen molar-refractivity contribution in [3.8, 4) is 22.8 Å². The van der Waals surface area contributed by atoms with Crippen molar-refractivity contribution in [2.75, 3.05) is 26.2 Å². The van der Waals surface area contributed by atoms with Crippen molar-refractivity contribution >= 4 is 47.4 Å². The Bertz CT molecular complexity index is 2390. The standard InChI is InChI=1S/C48H65N9O8/c1-30-29-35(33-23-27-57(28-24-33)40(51-43(60)64-47(8,9)10)52-44(61)65-48(11,12)13)19-20-36(30)38-54-53-37(55(38)14)34-17-15-31(16-18-34)32-21-25-56(26-22-32)39(49-41(58)62-45(2,3)4)50-42(59)63-46(5,6)7/h15-21,23,29H,22,24-28H2,1-14H3,(H,49,50,58,59)(H,51,52,60,61). The molecule has 0 aliphatic carbocycles. The molecule has 0 unspecified atom stereocenters. The fraction of sp³-hybridized carbons (Fsp3) is 0.500. The highest BCUT2D eigenvalue weighted by atomic mass is 16.6. The van der Waals surface area contributed by atoms with Crippen molar-refractivity contribution in [1.82, 2.24) is 35.2 Å². The molecule has 350 valence electrons. The Hall–Kier alpha value is -6.52. The first-order chi connectivity index (χ1) is 30.1. The summed E-state index contributed by atoms with van der Waals surface area (Å²) in [6.45, 7) is 24.9. The van der Waals surface area contributed by atoms with Gasteiger partial charge in [0.2, 0.25) is 11.9 Å². The summed E-state index contributed by atoms with van der Waals surface area (Å²) in [5.74, 6) is 1.57. The molecule has 0 saturated carbocycles. The molecule has 0 spiro atoms. The van der Waals surface area contributed by atoms with Crippen molar-refractivity contribution in [2.45, 2.75) is 125 Å². The highest BCUT2D eigenvalue weighted by Gasteiger charge is 2.27. The van der Waals surface area contributed by atoms with E-state index >= 15 is 0 Å².